The quantitative estimate of drug-likeness (QED) is 0.611. The first-order chi connectivity index (χ1) is 12.4. The zero-order valence-electron chi connectivity index (χ0n) is 17.9. The van der Waals surface area contributed by atoms with Crippen LogP contribution in [0.25, 0.3) is 0 Å². The number of carbonyl (C=O) groups is 2. The standard InChI is InChI=1S/C24H34O3/c1-8-20-18-10-9-16-13-21(26)22(3,4)14-19(16)17(18)11-12-24(20,7)23(5,6)27-15(2)25/h11-13,18,20H,8-10,14H2,1-7H3/t18-,20+,24+/m1/s1. The van der Waals surface area contributed by atoms with Gasteiger partial charge in [-0.1, -0.05) is 46.3 Å². The maximum atomic E-state index is 12.4. The van der Waals surface area contributed by atoms with Gasteiger partial charge in [-0.3, -0.25) is 9.59 Å². The van der Waals surface area contributed by atoms with Crippen LogP contribution in [0.2, 0.25) is 0 Å². The molecule has 0 bridgehead atoms. The second-order valence-corrected chi connectivity index (χ2v) is 9.91. The molecule has 0 amide bonds. The zero-order chi connectivity index (χ0) is 20.2. The Labute approximate surface area is 163 Å². The SMILES string of the molecule is CC[C@H]1[C@@H]2CCC3=CC(=O)C(C)(C)CC3=C2C=C[C@]1(C)C(C)(C)OC(C)=O. The molecule has 3 atom stereocenters. The van der Waals surface area contributed by atoms with Gasteiger partial charge in [-0.25, -0.2) is 0 Å². The number of rotatable bonds is 3. The van der Waals surface area contributed by atoms with Gasteiger partial charge in [-0.2, -0.15) is 0 Å². The van der Waals surface area contributed by atoms with Crippen LogP contribution in [-0.4, -0.2) is 17.4 Å². The molecular formula is C24H34O3. The van der Waals surface area contributed by atoms with E-state index in [1.165, 1.54) is 23.6 Å². The molecule has 27 heavy (non-hydrogen) atoms. The summed E-state index contributed by atoms with van der Waals surface area (Å²) in [6.45, 7) is 14.2. The number of ether oxygens (including phenoxy) is 1. The summed E-state index contributed by atoms with van der Waals surface area (Å²) >= 11 is 0. The zero-order valence-corrected chi connectivity index (χ0v) is 17.9. The molecule has 0 aliphatic heterocycles. The Morgan fingerprint density at radius 1 is 1.30 bits per heavy atom. The fourth-order valence-electron chi connectivity index (χ4n) is 5.56. The normalized spacial score (nSPS) is 32.6. The van der Waals surface area contributed by atoms with E-state index in [-0.39, 0.29) is 22.6 Å². The Morgan fingerprint density at radius 2 is 1.96 bits per heavy atom. The number of fused-ring (bicyclic) bond motifs is 2. The van der Waals surface area contributed by atoms with Crippen LogP contribution in [0.15, 0.2) is 34.9 Å². The van der Waals surface area contributed by atoms with E-state index in [9.17, 15) is 9.59 Å². The Morgan fingerprint density at radius 3 is 2.56 bits per heavy atom. The average molecular weight is 371 g/mol. The highest BCUT2D eigenvalue weighted by Crippen LogP contribution is 2.57. The summed E-state index contributed by atoms with van der Waals surface area (Å²) in [5.74, 6) is 0.889. The third-order valence-corrected chi connectivity index (χ3v) is 7.45. The molecule has 0 heterocycles. The Kier molecular flexibility index (Phi) is 4.81. The van der Waals surface area contributed by atoms with Gasteiger partial charge in [0.25, 0.3) is 0 Å². The number of carbonyl (C=O) groups excluding carboxylic acids is 2. The maximum absolute atomic E-state index is 12.4. The fourth-order valence-corrected chi connectivity index (χ4v) is 5.56. The van der Waals surface area contributed by atoms with Crippen molar-refractivity contribution in [2.75, 3.05) is 0 Å². The monoisotopic (exact) mass is 370 g/mol. The Hall–Kier alpha value is -1.64. The Balaban J connectivity index is 2.11. The van der Waals surface area contributed by atoms with Gasteiger partial charge in [0.2, 0.25) is 0 Å². The molecule has 0 saturated carbocycles. The number of ketones is 1. The molecular weight excluding hydrogens is 336 g/mol. The van der Waals surface area contributed by atoms with Gasteiger partial charge in [0.05, 0.1) is 0 Å². The van der Waals surface area contributed by atoms with Crippen molar-refractivity contribution in [3.05, 3.63) is 34.9 Å². The van der Waals surface area contributed by atoms with Crippen molar-refractivity contribution in [2.45, 2.75) is 79.8 Å². The van der Waals surface area contributed by atoms with Crippen LogP contribution in [-0.2, 0) is 14.3 Å². The van der Waals surface area contributed by atoms with Gasteiger partial charge < -0.3 is 4.74 Å². The predicted molar refractivity (Wildman–Crippen MR) is 108 cm³/mol. The van der Waals surface area contributed by atoms with Crippen LogP contribution in [0.1, 0.15) is 74.1 Å². The minimum atomic E-state index is -0.565. The summed E-state index contributed by atoms with van der Waals surface area (Å²) in [5, 5.41) is 0. The molecule has 0 fully saturated rings. The smallest absolute Gasteiger partial charge is 0.303 e. The number of hydrogen-bond acceptors (Lipinski definition) is 3. The third kappa shape index (κ3) is 3.13. The molecule has 0 saturated heterocycles. The van der Waals surface area contributed by atoms with Crippen LogP contribution in [0.3, 0.4) is 0 Å². The Bertz CT molecular complexity index is 762. The van der Waals surface area contributed by atoms with Gasteiger partial charge in [0.15, 0.2) is 5.78 Å². The topological polar surface area (TPSA) is 43.4 Å². The van der Waals surface area contributed by atoms with E-state index in [0.717, 1.165) is 25.7 Å². The molecule has 3 aliphatic carbocycles. The summed E-state index contributed by atoms with van der Waals surface area (Å²) in [7, 11) is 0. The van der Waals surface area contributed by atoms with Gasteiger partial charge >= 0.3 is 5.97 Å². The molecule has 0 aromatic rings. The molecule has 148 valence electrons. The van der Waals surface area contributed by atoms with Crippen LogP contribution in [0.4, 0.5) is 0 Å². The van der Waals surface area contributed by atoms with E-state index in [2.05, 4.69) is 39.8 Å². The highest BCUT2D eigenvalue weighted by Gasteiger charge is 2.52. The summed E-state index contributed by atoms with van der Waals surface area (Å²) in [6, 6.07) is 0. The van der Waals surface area contributed by atoms with Crippen LogP contribution in [0, 0.1) is 22.7 Å². The van der Waals surface area contributed by atoms with E-state index in [1.807, 2.05) is 19.9 Å². The largest absolute Gasteiger partial charge is 0.459 e. The van der Waals surface area contributed by atoms with Crippen molar-refractivity contribution < 1.29 is 14.3 Å². The predicted octanol–water partition coefficient (Wildman–Crippen LogP) is 5.56. The number of allylic oxidation sites excluding steroid dienone is 5. The lowest BCUT2D eigenvalue weighted by atomic mass is 9.54. The van der Waals surface area contributed by atoms with E-state index < -0.39 is 5.60 Å². The van der Waals surface area contributed by atoms with E-state index >= 15 is 0 Å². The van der Waals surface area contributed by atoms with E-state index in [4.69, 9.17) is 4.74 Å². The molecule has 0 unspecified atom stereocenters. The summed E-state index contributed by atoms with van der Waals surface area (Å²) in [5.41, 5.74) is 2.94. The second kappa shape index (κ2) is 6.46. The molecule has 3 heteroatoms. The lowest BCUT2D eigenvalue weighted by Gasteiger charge is -2.53. The van der Waals surface area contributed by atoms with Crippen molar-refractivity contribution >= 4 is 11.8 Å². The molecule has 0 spiro atoms. The molecule has 3 nitrogen and oxygen atoms in total. The average Bonchev–Trinajstić information content (AvgIpc) is 2.54. The van der Waals surface area contributed by atoms with Crippen molar-refractivity contribution in [1.29, 1.82) is 0 Å². The third-order valence-electron chi connectivity index (χ3n) is 7.45. The van der Waals surface area contributed by atoms with Gasteiger partial charge in [0, 0.05) is 17.8 Å². The van der Waals surface area contributed by atoms with Crippen LogP contribution < -0.4 is 0 Å². The van der Waals surface area contributed by atoms with Crippen LogP contribution in [0.5, 0.6) is 0 Å². The lowest BCUT2D eigenvalue weighted by molar-refractivity contribution is -0.169. The molecule has 3 rings (SSSR count). The van der Waals surface area contributed by atoms with Crippen molar-refractivity contribution in [3.8, 4) is 0 Å². The first-order valence-electron chi connectivity index (χ1n) is 10.3. The molecule has 0 radical (unpaired) electrons. The molecule has 0 N–H and O–H groups in total. The fraction of sp³-hybridized carbons (Fsp3) is 0.667. The van der Waals surface area contributed by atoms with Gasteiger partial charge in [-0.05, 0) is 67.7 Å². The van der Waals surface area contributed by atoms with E-state index in [0.29, 0.717) is 11.8 Å². The highest BCUT2D eigenvalue weighted by molar-refractivity contribution is 5.97. The highest BCUT2D eigenvalue weighted by atomic mass is 16.6. The van der Waals surface area contributed by atoms with Crippen molar-refractivity contribution in [2.24, 2.45) is 22.7 Å². The summed E-state index contributed by atoms with van der Waals surface area (Å²) < 4.78 is 5.78. The second-order valence-electron chi connectivity index (χ2n) is 9.91. The molecule has 0 aromatic carbocycles. The number of esters is 1. The summed E-state index contributed by atoms with van der Waals surface area (Å²) in [6.07, 6.45) is 10.3. The van der Waals surface area contributed by atoms with Crippen LogP contribution >= 0.6 is 0 Å². The first kappa shape index (κ1) is 20.1. The maximum Gasteiger partial charge on any atom is 0.303 e. The van der Waals surface area contributed by atoms with E-state index in [1.54, 1.807) is 0 Å². The minimum Gasteiger partial charge on any atom is -0.459 e. The first-order valence-corrected chi connectivity index (χ1v) is 10.3. The molecule has 3 aliphatic rings. The summed E-state index contributed by atoms with van der Waals surface area (Å²) in [4.78, 5) is 24.1. The van der Waals surface area contributed by atoms with Crippen molar-refractivity contribution in [1.82, 2.24) is 0 Å². The van der Waals surface area contributed by atoms with Gasteiger partial charge in [0.1, 0.15) is 5.60 Å². The van der Waals surface area contributed by atoms with Crippen molar-refractivity contribution in [3.63, 3.8) is 0 Å². The molecule has 0 aromatic heterocycles. The number of hydrogen-bond donors (Lipinski definition) is 0. The minimum absolute atomic E-state index is 0.219. The van der Waals surface area contributed by atoms with Gasteiger partial charge in [-0.15, -0.1) is 0 Å². The lowest BCUT2D eigenvalue weighted by Crippen LogP contribution is -2.52.